The van der Waals surface area contributed by atoms with Crippen molar-refractivity contribution in [1.29, 1.82) is 0 Å². The second-order valence-electron chi connectivity index (χ2n) is 20.4. The third-order valence-corrected chi connectivity index (χ3v) is 14.0. The Morgan fingerprint density at radius 1 is 0.371 bits per heavy atom. The molecule has 0 saturated heterocycles. The molecule has 0 unspecified atom stereocenters. The topological polar surface area (TPSA) is 443 Å². The van der Waals surface area contributed by atoms with Crippen LogP contribution in [0.3, 0.4) is 0 Å². The number of nitrogens with two attached hydrogens (primary N) is 5. The molecule has 4 aromatic carbocycles. The van der Waals surface area contributed by atoms with Crippen LogP contribution < -0.4 is 90.2 Å². The molecule has 484 valence electrons. The van der Waals surface area contributed by atoms with Gasteiger partial charge in [0.05, 0.1) is 64.2 Å². The highest BCUT2D eigenvalue weighted by Crippen LogP contribution is 2.28. The number of ether oxygens (including phenoxy) is 5. The maximum Gasteiger partial charge on any atom is 0.306 e. The Bertz CT molecular complexity index is 3090. The van der Waals surface area contributed by atoms with Crippen LogP contribution in [0.15, 0.2) is 72.8 Å². The van der Waals surface area contributed by atoms with E-state index < -0.39 is 83.3 Å². The van der Waals surface area contributed by atoms with Crippen LogP contribution in [0.25, 0.3) is 0 Å². The van der Waals surface area contributed by atoms with E-state index in [-0.39, 0.29) is 107 Å². The molecule has 0 spiro atoms. The van der Waals surface area contributed by atoms with Crippen molar-refractivity contribution in [2.75, 3.05) is 83.0 Å². The SMILES string of the molecule is COC(=O)CCC(=O)N[C@@H](CCCCN)C(=O)Nc1ccc(OC)c(C(=O)N[C@@H](CCCCN)C(=O)Nc2ccc(OC)c(C(=O)N[C@@H](CCCCN)C(=O)Nc3ccc(OC)c(C(=O)N[C@@H](CCCCN)C(=O)Nc4ccc(OC)c(C(N)=O)c4)c3)c2)c1. The van der Waals surface area contributed by atoms with Crippen LogP contribution in [0.4, 0.5) is 22.7 Å². The first-order chi connectivity index (χ1) is 42.8. The van der Waals surface area contributed by atoms with E-state index in [2.05, 4.69) is 47.3 Å². The number of esters is 1. The average Bonchev–Trinajstić information content (AvgIpc) is 2.77. The van der Waals surface area contributed by atoms with Crippen molar-refractivity contribution in [3.63, 3.8) is 0 Å². The molecule has 18 N–H and O–H groups in total. The number of rotatable bonds is 39. The molecular weight excluding hydrogens is 1150 g/mol. The molecule has 0 fully saturated rings. The summed E-state index contributed by atoms with van der Waals surface area (Å²) in [5, 5.41) is 21.9. The number of amides is 9. The Morgan fingerprint density at radius 3 is 0.899 bits per heavy atom. The summed E-state index contributed by atoms with van der Waals surface area (Å²) >= 11 is 0. The zero-order valence-electron chi connectivity index (χ0n) is 51.0. The summed E-state index contributed by atoms with van der Waals surface area (Å²) in [6.45, 7) is 1.28. The molecular formula is C61H85N13O15. The molecule has 9 amide bonds. The lowest BCUT2D eigenvalue weighted by Gasteiger charge is -2.22. The van der Waals surface area contributed by atoms with Gasteiger partial charge in [-0.15, -0.1) is 0 Å². The molecule has 4 aromatic rings. The molecule has 0 saturated carbocycles. The van der Waals surface area contributed by atoms with E-state index in [0.717, 1.165) is 0 Å². The zero-order valence-corrected chi connectivity index (χ0v) is 51.0. The Balaban J connectivity index is 1.56. The first kappa shape index (κ1) is 72.1. The second kappa shape index (κ2) is 38.0. The van der Waals surface area contributed by atoms with Crippen LogP contribution in [0.1, 0.15) is 131 Å². The summed E-state index contributed by atoms with van der Waals surface area (Å²) in [5.74, 6) is -6.25. The van der Waals surface area contributed by atoms with Gasteiger partial charge in [-0.1, -0.05) is 0 Å². The van der Waals surface area contributed by atoms with Crippen molar-refractivity contribution in [3.8, 4) is 23.0 Å². The average molecular weight is 1240 g/mol. The van der Waals surface area contributed by atoms with Crippen molar-refractivity contribution < 1.29 is 71.6 Å². The molecule has 0 aliphatic carbocycles. The lowest BCUT2D eigenvalue weighted by Crippen LogP contribution is -2.44. The summed E-state index contributed by atoms with van der Waals surface area (Å²) < 4.78 is 26.4. The van der Waals surface area contributed by atoms with Gasteiger partial charge in [0.25, 0.3) is 23.6 Å². The number of carbonyl (C=O) groups is 10. The molecule has 0 aliphatic heterocycles. The molecule has 4 rings (SSSR count). The molecule has 0 aromatic heterocycles. The quantitative estimate of drug-likeness (QED) is 0.0226. The van der Waals surface area contributed by atoms with E-state index in [4.69, 9.17) is 47.6 Å². The molecule has 0 radical (unpaired) electrons. The van der Waals surface area contributed by atoms with Gasteiger partial charge in [0.1, 0.15) is 47.2 Å². The molecule has 0 heterocycles. The van der Waals surface area contributed by atoms with E-state index in [1.807, 2.05) is 0 Å². The summed E-state index contributed by atoms with van der Waals surface area (Å²) in [4.78, 5) is 135. The molecule has 89 heavy (non-hydrogen) atoms. The number of carbonyl (C=O) groups excluding carboxylic acids is 10. The number of nitrogens with one attached hydrogen (secondary N) is 8. The fourth-order valence-electron chi connectivity index (χ4n) is 9.12. The van der Waals surface area contributed by atoms with E-state index >= 15 is 0 Å². The fourth-order valence-corrected chi connectivity index (χ4v) is 9.12. The largest absolute Gasteiger partial charge is 0.496 e. The van der Waals surface area contributed by atoms with Gasteiger partial charge in [0.2, 0.25) is 29.5 Å². The second-order valence-corrected chi connectivity index (χ2v) is 20.4. The first-order valence-electron chi connectivity index (χ1n) is 29.1. The van der Waals surface area contributed by atoms with Crippen molar-refractivity contribution in [2.45, 2.75) is 114 Å². The molecule has 4 atom stereocenters. The van der Waals surface area contributed by atoms with Crippen molar-refractivity contribution in [3.05, 3.63) is 95.1 Å². The minimum absolute atomic E-state index is 0.0256. The maximum absolute atomic E-state index is 14.3. The monoisotopic (exact) mass is 1240 g/mol. The zero-order chi connectivity index (χ0) is 65.4. The van der Waals surface area contributed by atoms with Gasteiger partial charge >= 0.3 is 5.97 Å². The van der Waals surface area contributed by atoms with Crippen LogP contribution in [0.2, 0.25) is 0 Å². The number of unbranched alkanes of at least 4 members (excludes halogenated alkanes) is 4. The summed E-state index contributed by atoms with van der Waals surface area (Å²) in [6.07, 6.45) is 4.14. The van der Waals surface area contributed by atoms with Gasteiger partial charge in [-0.2, -0.15) is 0 Å². The highest BCUT2D eigenvalue weighted by molar-refractivity contribution is 6.08. The number of primary amides is 1. The predicted octanol–water partition coefficient (Wildman–Crippen LogP) is 2.92. The fraction of sp³-hybridized carbons (Fsp3) is 0.443. The smallest absolute Gasteiger partial charge is 0.306 e. The molecule has 28 nitrogen and oxygen atoms in total. The van der Waals surface area contributed by atoms with Crippen LogP contribution in [-0.2, 0) is 33.5 Å². The minimum Gasteiger partial charge on any atom is -0.496 e. The summed E-state index contributed by atoms with van der Waals surface area (Å²) in [5.41, 5.74) is 29.0. The third-order valence-electron chi connectivity index (χ3n) is 14.0. The Hall–Kier alpha value is -9.38. The van der Waals surface area contributed by atoms with Crippen molar-refractivity contribution >= 4 is 81.9 Å². The number of anilines is 4. The molecule has 0 aliphatic rings. The highest BCUT2D eigenvalue weighted by Gasteiger charge is 2.29. The maximum atomic E-state index is 14.3. The molecule has 0 bridgehead atoms. The normalized spacial score (nSPS) is 12.1. The van der Waals surface area contributed by atoms with Gasteiger partial charge in [-0.05, 0) is 176 Å². The summed E-state index contributed by atoms with van der Waals surface area (Å²) in [6, 6.07) is 12.6. The van der Waals surface area contributed by atoms with Crippen molar-refractivity contribution in [1.82, 2.24) is 21.3 Å². The van der Waals surface area contributed by atoms with E-state index in [1.165, 1.54) is 108 Å². The van der Waals surface area contributed by atoms with Gasteiger partial charge < -0.3 is 94.9 Å². The van der Waals surface area contributed by atoms with Crippen LogP contribution in [0.5, 0.6) is 23.0 Å². The van der Waals surface area contributed by atoms with Crippen LogP contribution >= 0.6 is 0 Å². The predicted molar refractivity (Wildman–Crippen MR) is 334 cm³/mol. The van der Waals surface area contributed by atoms with Gasteiger partial charge in [0.15, 0.2) is 0 Å². The highest BCUT2D eigenvalue weighted by atomic mass is 16.5. The number of methoxy groups -OCH3 is 5. The Labute approximate surface area is 516 Å². The van der Waals surface area contributed by atoms with Gasteiger partial charge in [-0.25, -0.2) is 0 Å². The van der Waals surface area contributed by atoms with E-state index in [9.17, 15) is 47.9 Å². The summed E-state index contributed by atoms with van der Waals surface area (Å²) in [7, 11) is 6.57. The lowest BCUT2D eigenvalue weighted by atomic mass is 10.1. The van der Waals surface area contributed by atoms with Gasteiger partial charge in [-0.3, -0.25) is 47.9 Å². The lowest BCUT2D eigenvalue weighted by molar-refractivity contribution is -0.142. The van der Waals surface area contributed by atoms with E-state index in [0.29, 0.717) is 77.5 Å². The number of hydrogen-bond donors (Lipinski definition) is 13. The van der Waals surface area contributed by atoms with Crippen LogP contribution in [0, 0.1) is 0 Å². The Kier molecular flexibility index (Phi) is 30.8. The number of benzene rings is 4. The first-order valence-corrected chi connectivity index (χ1v) is 29.1. The van der Waals surface area contributed by atoms with Crippen LogP contribution in [-0.4, -0.2) is 145 Å². The standard InChI is InChI=1S/C61H85N13O15/c1-85-48-22-18-36(32-40(48)54(66)77)67-59(82)45(15-7-11-29-63)72-56(79)42-34-38(20-24-50(42)87-3)69-61(84)47(17-9-13-31-65)74-57(80)43-35-39(21-25-51(43)88-4)70-60(83)46(16-8-12-30-64)73-55(78)41-33-37(19-23-49(41)86-2)68-58(81)44(14-6-10-28-62)71-52(75)26-27-53(76)89-5/h18-25,32-35,44-47H,6-17,26-31,62-65H2,1-5H3,(H2,66,77)(H,67,82)(H,68,81)(H,69,84)(H,70,83)(H,71,75)(H,72,79)(H,73,78)(H,74,80)/t44-,45-,46-,47-/m0/s1. The molecule has 28 heteroatoms. The van der Waals surface area contributed by atoms with Crippen molar-refractivity contribution in [2.24, 2.45) is 28.7 Å². The Morgan fingerprint density at radius 2 is 0.640 bits per heavy atom. The van der Waals surface area contributed by atoms with E-state index in [1.54, 1.807) is 0 Å². The third kappa shape index (κ3) is 23.0. The minimum atomic E-state index is -1.20. The number of hydrogen-bond acceptors (Lipinski definition) is 19. The van der Waals surface area contributed by atoms with Gasteiger partial charge in [0, 0.05) is 29.2 Å².